The molecule has 0 radical (unpaired) electrons. The van der Waals surface area contributed by atoms with E-state index < -0.39 is 23.5 Å². The van der Waals surface area contributed by atoms with Crippen LogP contribution in [0.5, 0.6) is 0 Å². The molecule has 0 aliphatic carbocycles. The zero-order valence-electron chi connectivity index (χ0n) is 11.7. The number of benzene rings is 1. The second kappa shape index (κ2) is 6.20. The molecule has 1 aliphatic rings. The Morgan fingerprint density at radius 1 is 1.29 bits per heavy atom. The maximum atomic E-state index is 13.1. The number of piperidine rings is 1. The van der Waals surface area contributed by atoms with Crippen LogP contribution < -0.4 is 0 Å². The van der Waals surface area contributed by atoms with E-state index in [4.69, 9.17) is 5.11 Å². The topological polar surface area (TPSA) is 57.6 Å². The molecule has 1 saturated heterocycles. The highest BCUT2D eigenvalue weighted by molar-refractivity contribution is 5.80. The zero-order valence-corrected chi connectivity index (χ0v) is 11.7. The summed E-state index contributed by atoms with van der Waals surface area (Å²) < 4.78 is 26.0. The fourth-order valence-corrected chi connectivity index (χ4v) is 2.67. The average molecular weight is 297 g/mol. The summed E-state index contributed by atoms with van der Waals surface area (Å²) in [5, 5.41) is 9.08. The molecule has 1 N–H and O–H groups in total. The van der Waals surface area contributed by atoms with Crippen LogP contribution in [0.2, 0.25) is 0 Å². The summed E-state index contributed by atoms with van der Waals surface area (Å²) in [6, 6.07) is 3.34. The zero-order chi connectivity index (χ0) is 15.6. The summed E-state index contributed by atoms with van der Waals surface area (Å²) in [6.45, 7) is 2.56. The molecule has 114 valence electrons. The number of hydrogen-bond acceptors (Lipinski definition) is 2. The molecule has 1 amide bonds. The first kappa shape index (κ1) is 15.4. The lowest BCUT2D eigenvalue weighted by molar-refractivity contribution is -0.146. The van der Waals surface area contributed by atoms with Crippen molar-refractivity contribution in [3.05, 3.63) is 35.4 Å². The molecule has 6 heteroatoms. The first-order valence-electron chi connectivity index (χ1n) is 6.81. The van der Waals surface area contributed by atoms with Crippen LogP contribution in [-0.2, 0) is 16.0 Å². The Hall–Kier alpha value is -1.98. The molecule has 2 rings (SSSR count). The van der Waals surface area contributed by atoms with Crippen LogP contribution >= 0.6 is 0 Å². The third kappa shape index (κ3) is 3.77. The van der Waals surface area contributed by atoms with Gasteiger partial charge in [-0.1, -0.05) is 13.0 Å². The minimum absolute atomic E-state index is 0.0593. The number of likely N-dealkylation sites (tertiary alicyclic amines) is 1. The second-order valence-electron chi connectivity index (χ2n) is 5.60. The van der Waals surface area contributed by atoms with E-state index in [2.05, 4.69) is 0 Å². The average Bonchev–Trinajstić information content (AvgIpc) is 2.42. The number of carbonyl (C=O) groups is 2. The van der Waals surface area contributed by atoms with E-state index in [1.807, 2.05) is 6.92 Å². The van der Waals surface area contributed by atoms with Crippen molar-refractivity contribution in [3.63, 3.8) is 0 Å². The van der Waals surface area contributed by atoms with Gasteiger partial charge in [-0.25, -0.2) is 8.78 Å². The van der Waals surface area contributed by atoms with Crippen LogP contribution in [0.25, 0.3) is 0 Å². The third-order valence-corrected chi connectivity index (χ3v) is 3.70. The summed E-state index contributed by atoms with van der Waals surface area (Å²) in [4.78, 5) is 24.8. The first-order valence-corrected chi connectivity index (χ1v) is 6.81. The van der Waals surface area contributed by atoms with Gasteiger partial charge in [0.05, 0.1) is 12.3 Å². The van der Waals surface area contributed by atoms with E-state index in [-0.39, 0.29) is 24.8 Å². The molecular weight excluding hydrogens is 280 g/mol. The van der Waals surface area contributed by atoms with E-state index in [0.29, 0.717) is 18.5 Å². The summed E-state index contributed by atoms with van der Waals surface area (Å²) in [5.41, 5.74) is 0.379. The van der Waals surface area contributed by atoms with Crippen molar-refractivity contribution in [1.29, 1.82) is 0 Å². The molecule has 1 heterocycles. The molecule has 0 aromatic heterocycles. The lowest BCUT2D eigenvalue weighted by atomic mass is 9.90. The lowest BCUT2D eigenvalue weighted by Crippen LogP contribution is -2.46. The van der Waals surface area contributed by atoms with Gasteiger partial charge in [0.15, 0.2) is 11.6 Å². The number of rotatable bonds is 3. The van der Waals surface area contributed by atoms with Gasteiger partial charge in [-0.3, -0.25) is 9.59 Å². The van der Waals surface area contributed by atoms with Crippen molar-refractivity contribution >= 4 is 11.9 Å². The summed E-state index contributed by atoms with van der Waals surface area (Å²) in [5.74, 6) is -3.58. The number of carboxylic acids is 1. The van der Waals surface area contributed by atoms with Crippen LogP contribution in [0.1, 0.15) is 18.9 Å². The molecule has 0 bridgehead atoms. The molecule has 1 aliphatic heterocycles. The minimum Gasteiger partial charge on any atom is -0.481 e. The Bertz CT molecular complexity index is 562. The monoisotopic (exact) mass is 297 g/mol. The molecule has 0 spiro atoms. The fourth-order valence-electron chi connectivity index (χ4n) is 2.67. The number of aliphatic carboxylic acids is 1. The van der Waals surface area contributed by atoms with Crippen molar-refractivity contribution in [2.45, 2.75) is 19.8 Å². The highest BCUT2D eigenvalue weighted by atomic mass is 19.2. The highest BCUT2D eigenvalue weighted by Gasteiger charge is 2.31. The SMILES string of the molecule is CC1CC(C(=O)O)CN(C(=O)Cc2ccc(F)c(F)c2)C1. The highest BCUT2D eigenvalue weighted by Crippen LogP contribution is 2.22. The summed E-state index contributed by atoms with van der Waals surface area (Å²) >= 11 is 0. The van der Waals surface area contributed by atoms with Crippen molar-refractivity contribution in [1.82, 2.24) is 4.90 Å². The minimum atomic E-state index is -0.990. The third-order valence-electron chi connectivity index (χ3n) is 3.70. The van der Waals surface area contributed by atoms with Crippen LogP contribution in [0.3, 0.4) is 0 Å². The maximum absolute atomic E-state index is 13.1. The summed E-state index contributed by atoms with van der Waals surface area (Å²) in [7, 11) is 0. The Morgan fingerprint density at radius 3 is 2.62 bits per heavy atom. The molecule has 1 fully saturated rings. The Kier molecular flexibility index (Phi) is 4.55. The van der Waals surface area contributed by atoms with Gasteiger partial charge in [-0.05, 0) is 30.0 Å². The number of nitrogens with zero attached hydrogens (tertiary/aromatic N) is 1. The van der Waals surface area contributed by atoms with Gasteiger partial charge in [0, 0.05) is 13.1 Å². The standard InChI is InChI=1S/C15H17F2NO3/c1-9-4-11(15(20)21)8-18(7-9)14(19)6-10-2-3-12(16)13(17)5-10/h2-3,5,9,11H,4,6-8H2,1H3,(H,20,21). The lowest BCUT2D eigenvalue weighted by Gasteiger charge is -2.34. The van der Waals surface area contributed by atoms with Crippen molar-refractivity contribution in [2.24, 2.45) is 11.8 Å². The molecule has 0 saturated carbocycles. The van der Waals surface area contributed by atoms with E-state index in [1.165, 1.54) is 11.0 Å². The van der Waals surface area contributed by atoms with Gasteiger partial charge in [0.2, 0.25) is 5.91 Å². The molecule has 2 unspecified atom stereocenters. The van der Waals surface area contributed by atoms with Gasteiger partial charge in [-0.2, -0.15) is 0 Å². The Labute approximate surface area is 121 Å². The normalized spacial score (nSPS) is 22.1. The van der Waals surface area contributed by atoms with Gasteiger partial charge in [-0.15, -0.1) is 0 Å². The number of carboxylic acid groups (broad SMARTS) is 1. The number of hydrogen-bond donors (Lipinski definition) is 1. The quantitative estimate of drug-likeness (QED) is 0.929. The van der Waals surface area contributed by atoms with Crippen LogP contribution in [0, 0.1) is 23.5 Å². The number of amides is 1. The molecule has 1 aromatic carbocycles. The molecule has 2 atom stereocenters. The molecule has 21 heavy (non-hydrogen) atoms. The predicted octanol–water partition coefficient (Wildman–Crippen LogP) is 2.08. The van der Waals surface area contributed by atoms with Crippen molar-refractivity contribution < 1.29 is 23.5 Å². The largest absolute Gasteiger partial charge is 0.481 e. The smallest absolute Gasteiger partial charge is 0.308 e. The first-order chi connectivity index (χ1) is 9.86. The summed E-state index contributed by atoms with van der Waals surface area (Å²) in [6.07, 6.45) is 0.487. The fraction of sp³-hybridized carbons (Fsp3) is 0.467. The molecule has 4 nitrogen and oxygen atoms in total. The van der Waals surface area contributed by atoms with Gasteiger partial charge in [0.1, 0.15) is 0 Å². The van der Waals surface area contributed by atoms with Crippen LogP contribution in [-0.4, -0.2) is 35.0 Å². The van der Waals surface area contributed by atoms with E-state index in [9.17, 15) is 18.4 Å². The van der Waals surface area contributed by atoms with Gasteiger partial charge >= 0.3 is 5.97 Å². The van der Waals surface area contributed by atoms with Crippen molar-refractivity contribution in [2.75, 3.05) is 13.1 Å². The molecular formula is C15H17F2NO3. The van der Waals surface area contributed by atoms with Crippen LogP contribution in [0.4, 0.5) is 8.78 Å². The second-order valence-corrected chi connectivity index (χ2v) is 5.60. The van der Waals surface area contributed by atoms with E-state index in [1.54, 1.807) is 0 Å². The maximum Gasteiger partial charge on any atom is 0.308 e. The Balaban J connectivity index is 2.05. The Morgan fingerprint density at radius 2 is 2.00 bits per heavy atom. The van der Waals surface area contributed by atoms with Crippen molar-refractivity contribution in [3.8, 4) is 0 Å². The van der Waals surface area contributed by atoms with Crippen LogP contribution in [0.15, 0.2) is 18.2 Å². The predicted molar refractivity (Wildman–Crippen MR) is 71.5 cm³/mol. The van der Waals surface area contributed by atoms with E-state index in [0.717, 1.165) is 12.1 Å². The number of carbonyl (C=O) groups excluding carboxylic acids is 1. The van der Waals surface area contributed by atoms with Gasteiger partial charge < -0.3 is 10.0 Å². The van der Waals surface area contributed by atoms with Gasteiger partial charge in [0.25, 0.3) is 0 Å². The number of halogens is 2. The van der Waals surface area contributed by atoms with E-state index >= 15 is 0 Å². The molecule has 1 aromatic rings.